The molecule has 46 heavy (non-hydrogen) atoms. The topological polar surface area (TPSA) is 24.9 Å². The van der Waals surface area contributed by atoms with Crippen molar-refractivity contribution in [3.05, 3.63) is 157 Å². The van der Waals surface area contributed by atoms with Crippen LogP contribution in [0.25, 0.3) is 71.4 Å². The monoisotopic (exact) mass is 592 g/mol. The summed E-state index contributed by atoms with van der Waals surface area (Å²) in [6, 6.07) is 42.4. The highest BCUT2D eigenvalue weighted by Crippen LogP contribution is 2.45. The molecule has 6 aromatic carbocycles. The number of hydrogen-bond acceptors (Lipinski definition) is 2. The Morgan fingerprint density at radius 3 is 1.87 bits per heavy atom. The van der Waals surface area contributed by atoms with E-state index in [1.165, 1.54) is 76.8 Å². The summed E-state index contributed by atoms with van der Waals surface area (Å²) >= 11 is 0. The maximum Gasteiger partial charge on any atom is 0.0708 e. The first-order chi connectivity index (χ1) is 22.6. The zero-order valence-corrected chi connectivity index (χ0v) is 26.5. The van der Waals surface area contributed by atoms with Gasteiger partial charge in [0.05, 0.1) is 5.69 Å². The number of nitrogens with zero attached hydrogens (tertiary/aromatic N) is 1. The molecule has 0 saturated heterocycles. The number of fused-ring (bicyclic) bond motifs is 3. The lowest BCUT2D eigenvalue weighted by molar-refractivity contribution is 0.853. The van der Waals surface area contributed by atoms with Crippen LogP contribution in [0, 0.1) is 6.92 Å². The fourth-order valence-corrected chi connectivity index (χ4v) is 7.12. The van der Waals surface area contributed by atoms with Crippen LogP contribution in [0.1, 0.15) is 36.5 Å². The summed E-state index contributed by atoms with van der Waals surface area (Å²) in [6.07, 6.45) is 8.57. The van der Waals surface area contributed by atoms with Crippen molar-refractivity contribution in [2.45, 2.75) is 26.7 Å². The first-order valence-electron chi connectivity index (χ1n) is 16.2. The number of dihydropyridines is 1. The van der Waals surface area contributed by atoms with Crippen molar-refractivity contribution in [3.63, 3.8) is 0 Å². The Balaban J connectivity index is 1.27. The van der Waals surface area contributed by atoms with Gasteiger partial charge < -0.3 is 5.32 Å². The van der Waals surface area contributed by atoms with E-state index >= 15 is 0 Å². The molecule has 0 bridgehead atoms. The Bertz CT molecular complexity index is 2300. The zero-order chi connectivity index (χ0) is 31.2. The number of hydrogen-bond donors (Lipinski definition) is 1. The molecule has 1 N–H and O–H groups in total. The highest BCUT2D eigenvalue weighted by atomic mass is 14.8. The molecule has 0 unspecified atom stereocenters. The van der Waals surface area contributed by atoms with Crippen LogP contribution >= 0.6 is 0 Å². The van der Waals surface area contributed by atoms with Gasteiger partial charge in [0.2, 0.25) is 0 Å². The number of allylic oxidation sites excluding steroid dienone is 2. The van der Waals surface area contributed by atoms with Gasteiger partial charge in [-0.25, -0.2) is 0 Å². The lowest BCUT2D eigenvalue weighted by atomic mass is 9.84. The predicted octanol–water partition coefficient (Wildman–Crippen LogP) is 11.5. The smallest absolute Gasteiger partial charge is 0.0708 e. The second-order valence-corrected chi connectivity index (χ2v) is 12.7. The van der Waals surface area contributed by atoms with Gasteiger partial charge >= 0.3 is 0 Å². The van der Waals surface area contributed by atoms with Crippen LogP contribution in [-0.4, -0.2) is 11.5 Å². The molecule has 7 aromatic rings. The third kappa shape index (κ3) is 4.78. The molecule has 1 aliphatic heterocycles. The minimum absolute atomic E-state index is 0.390. The van der Waals surface area contributed by atoms with Crippen LogP contribution in [0.3, 0.4) is 0 Å². The third-order valence-corrected chi connectivity index (χ3v) is 9.43. The lowest BCUT2D eigenvalue weighted by Gasteiger charge is -2.19. The highest BCUT2D eigenvalue weighted by molar-refractivity contribution is 6.22. The largest absolute Gasteiger partial charge is 0.387 e. The molecule has 222 valence electrons. The van der Waals surface area contributed by atoms with E-state index in [9.17, 15) is 0 Å². The summed E-state index contributed by atoms with van der Waals surface area (Å²) in [7, 11) is 0. The molecule has 2 heteroatoms. The molecule has 0 aliphatic carbocycles. The number of aromatic nitrogens is 1. The minimum Gasteiger partial charge on any atom is -0.387 e. The number of benzene rings is 6. The number of rotatable bonds is 5. The summed E-state index contributed by atoms with van der Waals surface area (Å²) in [4.78, 5) is 4.93. The van der Waals surface area contributed by atoms with Crippen LogP contribution in [0.15, 0.2) is 140 Å². The van der Waals surface area contributed by atoms with Gasteiger partial charge in [0, 0.05) is 24.5 Å². The molecule has 0 fully saturated rings. The van der Waals surface area contributed by atoms with E-state index in [1.807, 2.05) is 0 Å². The number of pyridine rings is 1. The highest BCUT2D eigenvalue weighted by Gasteiger charge is 2.18. The second-order valence-electron chi connectivity index (χ2n) is 12.7. The van der Waals surface area contributed by atoms with E-state index in [4.69, 9.17) is 4.98 Å². The summed E-state index contributed by atoms with van der Waals surface area (Å²) < 4.78 is 0. The normalized spacial score (nSPS) is 13.0. The Morgan fingerprint density at radius 2 is 1.24 bits per heavy atom. The van der Waals surface area contributed by atoms with Crippen molar-refractivity contribution in [3.8, 4) is 33.5 Å². The number of aryl methyl sites for hydroxylation is 1. The van der Waals surface area contributed by atoms with Gasteiger partial charge in [-0.3, -0.25) is 4.98 Å². The van der Waals surface area contributed by atoms with E-state index in [-0.39, 0.29) is 0 Å². The van der Waals surface area contributed by atoms with E-state index in [0.717, 1.165) is 17.8 Å². The molecule has 8 rings (SSSR count). The maximum absolute atomic E-state index is 4.93. The molecular weight excluding hydrogens is 556 g/mol. The van der Waals surface area contributed by atoms with Crippen LogP contribution in [0.5, 0.6) is 0 Å². The maximum atomic E-state index is 4.93. The summed E-state index contributed by atoms with van der Waals surface area (Å²) in [5.41, 5.74) is 12.2. The van der Waals surface area contributed by atoms with Crippen LogP contribution in [0.4, 0.5) is 0 Å². The third-order valence-electron chi connectivity index (χ3n) is 9.43. The van der Waals surface area contributed by atoms with Crippen molar-refractivity contribution in [2.24, 2.45) is 0 Å². The van der Waals surface area contributed by atoms with Gasteiger partial charge in [-0.1, -0.05) is 123 Å². The van der Waals surface area contributed by atoms with Crippen molar-refractivity contribution in [1.82, 2.24) is 10.3 Å². The van der Waals surface area contributed by atoms with Crippen LogP contribution in [0.2, 0.25) is 0 Å². The standard InChI is InChI=1S/C44H36N2/c1-28(2)41-27-46-42(25-40(41)34-12-10-22-45-26-34)32-20-18-31-24-33(21-19-30(31)23-32)43-36-14-6-8-16-38(36)44(35-13-5-4-11-29(35)3)39-17-9-7-15-37(39)43/h4-21,23-28,45H,22H2,1-3H3. The molecule has 1 aromatic heterocycles. The van der Waals surface area contributed by atoms with E-state index in [0.29, 0.717) is 5.92 Å². The van der Waals surface area contributed by atoms with Gasteiger partial charge in [-0.2, -0.15) is 0 Å². The Labute approximate surface area is 270 Å². The molecule has 0 saturated carbocycles. The molecule has 0 atom stereocenters. The average Bonchev–Trinajstić information content (AvgIpc) is 3.10. The van der Waals surface area contributed by atoms with Crippen molar-refractivity contribution in [2.75, 3.05) is 6.54 Å². The van der Waals surface area contributed by atoms with E-state index in [2.05, 4.69) is 166 Å². The molecule has 1 aliphatic rings. The van der Waals surface area contributed by atoms with Gasteiger partial charge in [-0.15, -0.1) is 0 Å². The second kappa shape index (κ2) is 11.5. The summed E-state index contributed by atoms with van der Waals surface area (Å²) in [5, 5.41) is 10.9. The van der Waals surface area contributed by atoms with Crippen molar-refractivity contribution in [1.29, 1.82) is 0 Å². The van der Waals surface area contributed by atoms with E-state index in [1.54, 1.807) is 0 Å². The Hall–Kier alpha value is -5.47. The first kappa shape index (κ1) is 28.0. The predicted molar refractivity (Wildman–Crippen MR) is 197 cm³/mol. The Morgan fingerprint density at radius 1 is 0.630 bits per heavy atom. The molecule has 2 heterocycles. The van der Waals surface area contributed by atoms with Crippen molar-refractivity contribution < 1.29 is 0 Å². The molecule has 2 nitrogen and oxygen atoms in total. The van der Waals surface area contributed by atoms with Gasteiger partial charge in [0.15, 0.2) is 0 Å². The van der Waals surface area contributed by atoms with Gasteiger partial charge in [0.1, 0.15) is 0 Å². The van der Waals surface area contributed by atoms with Gasteiger partial charge in [0.25, 0.3) is 0 Å². The van der Waals surface area contributed by atoms with E-state index < -0.39 is 0 Å². The molecular formula is C44H36N2. The SMILES string of the molecule is Cc1ccccc1-c1c2ccccc2c(-c2ccc3cc(-c4cc(C5=CNCC=C5)c(C(C)C)cn4)ccc3c2)c2ccccc12. The quantitative estimate of drug-likeness (QED) is 0.201. The van der Waals surface area contributed by atoms with Gasteiger partial charge in [-0.05, 0) is 108 Å². The summed E-state index contributed by atoms with van der Waals surface area (Å²) in [5.74, 6) is 0.390. The van der Waals surface area contributed by atoms with Crippen LogP contribution in [-0.2, 0) is 0 Å². The molecule has 0 radical (unpaired) electrons. The fraction of sp³-hybridized carbons (Fsp3) is 0.114. The Kier molecular flexibility index (Phi) is 6.99. The number of nitrogens with one attached hydrogen (secondary N) is 1. The minimum atomic E-state index is 0.390. The first-order valence-corrected chi connectivity index (χ1v) is 16.2. The van der Waals surface area contributed by atoms with Crippen molar-refractivity contribution >= 4 is 37.9 Å². The zero-order valence-electron chi connectivity index (χ0n) is 26.5. The molecule has 0 spiro atoms. The molecule has 0 amide bonds. The average molecular weight is 593 g/mol. The fourth-order valence-electron chi connectivity index (χ4n) is 7.12. The summed E-state index contributed by atoms with van der Waals surface area (Å²) in [6.45, 7) is 7.54. The lowest BCUT2D eigenvalue weighted by Crippen LogP contribution is -2.10. The van der Waals surface area contributed by atoms with Crippen LogP contribution < -0.4 is 5.32 Å².